The number of ether oxygens (including phenoxy) is 1. The zero-order chi connectivity index (χ0) is 13.7. The largest absolute Gasteiger partial charge is 0.477 e. The fraction of sp³-hybridized carbons (Fsp3) is 0.154. The van der Waals surface area contributed by atoms with Crippen molar-refractivity contribution in [2.45, 2.75) is 6.42 Å². The van der Waals surface area contributed by atoms with Crippen LogP contribution in [-0.4, -0.2) is 27.7 Å². The molecule has 0 fully saturated rings. The molecule has 19 heavy (non-hydrogen) atoms. The summed E-state index contributed by atoms with van der Waals surface area (Å²) in [6.45, 7) is 0.325. The third kappa shape index (κ3) is 3.75. The van der Waals surface area contributed by atoms with Crippen LogP contribution in [0.4, 0.5) is 0 Å². The van der Waals surface area contributed by atoms with E-state index in [-0.39, 0.29) is 11.4 Å². The molecule has 2 rings (SSSR count). The van der Waals surface area contributed by atoms with Gasteiger partial charge in [0.05, 0.1) is 6.61 Å². The normalized spacial score (nSPS) is 10.2. The predicted molar refractivity (Wildman–Crippen MR) is 72.3 cm³/mol. The van der Waals surface area contributed by atoms with E-state index in [0.29, 0.717) is 17.5 Å². The van der Waals surface area contributed by atoms with Gasteiger partial charge in [0.15, 0.2) is 0 Å². The van der Waals surface area contributed by atoms with Crippen LogP contribution in [0.15, 0.2) is 41.1 Å². The van der Waals surface area contributed by atoms with E-state index in [0.717, 1.165) is 5.69 Å². The van der Waals surface area contributed by atoms with Crippen LogP contribution in [0.3, 0.4) is 0 Å². The molecule has 0 spiro atoms. The van der Waals surface area contributed by atoms with E-state index in [1.807, 2.05) is 18.2 Å². The third-order valence-corrected chi connectivity index (χ3v) is 2.80. The summed E-state index contributed by atoms with van der Waals surface area (Å²) in [5, 5.41) is 9.05. The number of carboxylic acids is 1. The Morgan fingerprint density at radius 3 is 2.89 bits per heavy atom. The Morgan fingerprint density at radius 1 is 1.37 bits per heavy atom. The highest BCUT2D eigenvalue weighted by Crippen LogP contribution is 2.20. The van der Waals surface area contributed by atoms with Gasteiger partial charge in [0, 0.05) is 29.0 Å². The fourth-order valence-electron chi connectivity index (χ4n) is 1.49. The van der Waals surface area contributed by atoms with Gasteiger partial charge in [-0.2, -0.15) is 0 Å². The Labute approximate surface area is 118 Å². The highest BCUT2D eigenvalue weighted by Gasteiger charge is 2.13. The number of nitrogens with zero attached hydrogens (tertiary/aromatic N) is 2. The molecule has 0 aliphatic rings. The summed E-state index contributed by atoms with van der Waals surface area (Å²) in [5.41, 5.74) is 0.923. The van der Waals surface area contributed by atoms with Crippen molar-refractivity contribution in [3.8, 4) is 5.88 Å². The van der Waals surface area contributed by atoms with Crippen LogP contribution in [0, 0.1) is 0 Å². The number of aromatic nitrogens is 2. The molecule has 6 heteroatoms. The zero-order valence-electron chi connectivity index (χ0n) is 9.91. The van der Waals surface area contributed by atoms with Gasteiger partial charge in [-0.15, -0.1) is 0 Å². The van der Waals surface area contributed by atoms with Gasteiger partial charge in [0.25, 0.3) is 0 Å². The Kier molecular flexibility index (Phi) is 4.46. The molecule has 0 aliphatic carbocycles. The molecular formula is C13H11BrN2O3. The predicted octanol–water partition coefficient (Wildman–Crippen LogP) is 2.56. The maximum Gasteiger partial charge on any atom is 0.341 e. The van der Waals surface area contributed by atoms with Crippen LogP contribution in [0.2, 0.25) is 0 Å². The average Bonchev–Trinajstić information content (AvgIpc) is 2.41. The van der Waals surface area contributed by atoms with Crippen molar-refractivity contribution in [1.82, 2.24) is 9.97 Å². The lowest BCUT2D eigenvalue weighted by Crippen LogP contribution is -2.08. The first-order valence-corrected chi connectivity index (χ1v) is 6.37. The van der Waals surface area contributed by atoms with Gasteiger partial charge >= 0.3 is 5.97 Å². The fourth-order valence-corrected chi connectivity index (χ4v) is 1.82. The van der Waals surface area contributed by atoms with Gasteiger partial charge < -0.3 is 9.84 Å². The van der Waals surface area contributed by atoms with Crippen molar-refractivity contribution in [2.75, 3.05) is 6.61 Å². The molecule has 0 bridgehead atoms. The summed E-state index contributed by atoms with van der Waals surface area (Å²) in [6.07, 6.45) is 3.80. The molecule has 0 aliphatic heterocycles. The first-order chi connectivity index (χ1) is 9.16. The number of carbonyl (C=O) groups is 1. The summed E-state index contributed by atoms with van der Waals surface area (Å²) >= 11 is 3.18. The molecule has 2 aromatic heterocycles. The molecule has 2 heterocycles. The van der Waals surface area contributed by atoms with E-state index in [1.165, 1.54) is 12.3 Å². The van der Waals surface area contributed by atoms with Crippen molar-refractivity contribution in [2.24, 2.45) is 0 Å². The standard InChI is InChI=1S/C13H11BrN2O3/c14-9-7-11(13(17)18)12(16-8-9)19-6-4-10-3-1-2-5-15-10/h1-3,5,7-8H,4,6H2,(H,17,18). The van der Waals surface area contributed by atoms with Gasteiger partial charge in [-0.1, -0.05) is 6.07 Å². The van der Waals surface area contributed by atoms with Crippen LogP contribution >= 0.6 is 15.9 Å². The van der Waals surface area contributed by atoms with Crippen LogP contribution < -0.4 is 4.74 Å². The number of pyridine rings is 2. The highest BCUT2D eigenvalue weighted by molar-refractivity contribution is 9.10. The molecule has 5 nitrogen and oxygen atoms in total. The summed E-state index contributed by atoms with van der Waals surface area (Å²) < 4.78 is 6.00. The molecule has 98 valence electrons. The molecule has 0 saturated carbocycles. The molecule has 1 N–H and O–H groups in total. The molecule has 0 unspecified atom stereocenters. The highest BCUT2D eigenvalue weighted by atomic mass is 79.9. The van der Waals surface area contributed by atoms with Gasteiger partial charge in [-0.05, 0) is 34.1 Å². The second-order valence-electron chi connectivity index (χ2n) is 3.73. The minimum absolute atomic E-state index is 0.0374. The van der Waals surface area contributed by atoms with Crippen molar-refractivity contribution in [1.29, 1.82) is 0 Å². The number of hydrogen-bond acceptors (Lipinski definition) is 4. The van der Waals surface area contributed by atoms with Crippen LogP contribution in [-0.2, 0) is 6.42 Å². The smallest absolute Gasteiger partial charge is 0.341 e. The van der Waals surface area contributed by atoms with E-state index in [2.05, 4.69) is 25.9 Å². The van der Waals surface area contributed by atoms with Crippen LogP contribution in [0.1, 0.15) is 16.1 Å². The van der Waals surface area contributed by atoms with E-state index in [4.69, 9.17) is 9.84 Å². The molecule has 0 radical (unpaired) electrons. The Hall–Kier alpha value is -1.95. The van der Waals surface area contributed by atoms with E-state index < -0.39 is 5.97 Å². The van der Waals surface area contributed by atoms with Crippen molar-refractivity contribution < 1.29 is 14.6 Å². The van der Waals surface area contributed by atoms with Crippen molar-refractivity contribution >= 4 is 21.9 Å². The molecule has 0 atom stereocenters. The van der Waals surface area contributed by atoms with E-state index in [1.54, 1.807) is 6.20 Å². The Morgan fingerprint density at radius 2 is 2.21 bits per heavy atom. The van der Waals surface area contributed by atoms with Gasteiger partial charge in [0.2, 0.25) is 5.88 Å². The van der Waals surface area contributed by atoms with Crippen molar-refractivity contribution in [3.63, 3.8) is 0 Å². The van der Waals surface area contributed by atoms with Gasteiger partial charge in [-0.3, -0.25) is 4.98 Å². The number of aromatic carboxylic acids is 1. The Balaban J connectivity index is 2.02. The molecule has 2 aromatic rings. The number of halogens is 1. The summed E-state index contributed by atoms with van der Waals surface area (Å²) in [6, 6.07) is 7.08. The first kappa shape index (κ1) is 13.5. The summed E-state index contributed by atoms with van der Waals surface area (Å²) in [7, 11) is 0. The number of hydrogen-bond donors (Lipinski definition) is 1. The van der Waals surface area contributed by atoms with E-state index in [9.17, 15) is 4.79 Å². The van der Waals surface area contributed by atoms with Gasteiger partial charge in [0.1, 0.15) is 5.56 Å². The second-order valence-corrected chi connectivity index (χ2v) is 4.65. The maximum atomic E-state index is 11.1. The maximum absolute atomic E-state index is 11.1. The first-order valence-electron chi connectivity index (χ1n) is 5.58. The monoisotopic (exact) mass is 322 g/mol. The lowest BCUT2D eigenvalue weighted by Gasteiger charge is -2.07. The third-order valence-electron chi connectivity index (χ3n) is 2.37. The van der Waals surface area contributed by atoms with Crippen LogP contribution in [0.5, 0.6) is 5.88 Å². The number of rotatable bonds is 5. The second kappa shape index (κ2) is 6.29. The van der Waals surface area contributed by atoms with Crippen molar-refractivity contribution in [3.05, 3.63) is 52.4 Å². The molecular weight excluding hydrogens is 312 g/mol. The molecule has 0 amide bonds. The lowest BCUT2D eigenvalue weighted by atomic mass is 10.2. The van der Waals surface area contributed by atoms with Crippen LogP contribution in [0.25, 0.3) is 0 Å². The minimum Gasteiger partial charge on any atom is -0.477 e. The Bertz CT molecular complexity index is 575. The average molecular weight is 323 g/mol. The molecule has 0 aromatic carbocycles. The topological polar surface area (TPSA) is 72.3 Å². The number of carboxylic acid groups (broad SMARTS) is 1. The molecule has 0 saturated heterocycles. The van der Waals surface area contributed by atoms with E-state index >= 15 is 0 Å². The summed E-state index contributed by atoms with van der Waals surface area (Å²) in [5.74, 6) is -0.951. The van der Waals surface area contributed by atoms with Gasteiger partial charge in [-0.25, -0.2) is 9.78 Å². The zero-order valence-corrected chi connectivity index (χ0v) is 11.5. The summed E-state index contributed by atoms with van der Waals surface area (Å²) in [4.78, 5) is 19.2. The quantitative estimate of drug-likeness (QED) is 0.915. The minimum atomic E-state index is -1.07. The SMILES string of the molecule is O=C(O)c1cc(Br)cnc1OCCc1ccccn1. The lowest BCUT2D eigenvalue weighted by molar-refractivity contribution is 0.0691.